The molecule has 2 amide bonds. The summed E-state index contributed by atoms with van der Waals surface area (Å²) >= 11 is 9.31. The van der Waals surface area contributed by atoms with Crippen molar-refractivity contribution in [1.29, 1.82) is 0 Å². The van der Waals surface area contributed by atoms with Crippen molar-refractivity contribution in [2.45, 2.75) is 18.6 Å². The lowest BCUT2D eigenvalue weighted by Gasteiger charge is -2.22. The molecular weight excluding hydrogens is 408 g/mol. The van der Waals surface area contributed by atoms with Crippen molar-refractivity contribution >= 4 is 45.0 Å². The van der Waals surface area contributed by atoms with Gasteiger partial charge in [-0.1, -0.05) is 45.7 Å². The lowest BCUT2D eigenvalue weighted by Crippen LogP contribution is -2.52. The summed E-state index contributed by atoms with van der Waals surface area (Å²) in [5.41, 5.74) is -0.634. The summed E-state index contributed by atoms with van der Waals surface area (Å²) in [6.07, 6.45) is 0.0304. The van der Waals surface area contributed by atoms with Gasteiger partial charge in [0.05, 0.1) is 0 Å². The molecule has 2 aromatic carbocycles. The molecular formula is C18H16BrClN2O3. The average Bonchev–Trinajstić information content (AvgIpc) is 2.89. The Hall–Kier alpha value is -1.89. The van der Waals surface area contributed by atoms with E-state index in [1.807, 2.05) is 24.3 Å². The number of benzene rings is 2. The molecule has 1 fully saturated rings. The Balaban J connectivity index is 1.71. The van der Waals surface area contributed by atoms with Gasteiger partial charge in [0.1, 0.15) is 0 Å². The molecule has 0 aromatic heterocycles. The van der Waals surface area contributed by atoms with Crippen LogP contribution in [0.5, 0.6) is 0 Å². The maximum absolute atomic E-state index is 12.6. The summed E-state index contributed by atoms with van der Waals surface area (Å²) in [4.78, 5) is 26.4. The highest BCUT2D eigenvalue weighted by molar-refractivity contribution is 9.10. The van der Waals surface area contributed by atoms with Gasteiger partial charge in [0.2, 0.25) is 5.60 Å². The summed E-state index contributed by atoms with van der Waals surface area (Å²) in [5, 5.41) is 13.7. The maximum atomic E-state index is 12.6. The van der Waals surface area contributed by atoms with Crippen LogP contribution in [0.1, 0.15) is 12.0 Å². The summed E-state index contributed by atoms with van der Waals surface area (Å²) in [5.74, 6) is -1.33. The van der Waals surface area contributed by atoms with Crippen LogP contribution >= 0.6 is 27.5 Å². The Labute approximate surface area is 158 Å². The number of carbonyl (C=O) groups is 2. The zero-order chi connectivity index (χ0) is 18.0. The first-order valence-electron chi connectivity index (χ1n) is 7.73. The summed E-state index contributed by atoms with van der Waals surface area (Å²) in [6, 6.07) is 14.2. The molecule has 0 saturated carbocycles. The van der Waals surface area contributed by atoms with Crippen LogP contribution in [0.25, 0.3) is 0 Å². The van der Waals surface area contributed by atoms with Crippen LogP contribution in [0.2, 0.25) is 5.02 Å². The second-order valence-corrected chi connectivity index (χ2v) is 7.21. The third-order valence-corrected chi connectivity index (χ3v) is 4.86. The highest BCUT2D eigenvalue weighted by Crippen LogP contribution is 2.30. The molecule has 1 saturated heterocycles. The zero-order valence-electron chi connectivity index (χ0n) is 13.2. The molecule has 1 heterocycles. The van der Waals surface area contributed by atoms with Crippen molar-refractivity contribution in [3.8, 4) is 0 Å². The van der Waals surface area contributed by atoms with Crippen LogP contribution in [0, 0.1) is 0 Å². The number of anilines is 1. The standard InChI is InChI=1S/C18H16BrClN2O3/c19-13-4-1-3-12(9-13)11-21-16(23)18(25)7-8-22(17(18)24)15-6-2-5-14(20)10-15/h1-6,9-10,25H,7-8,11H2,(H,21,23)/t18-/m0/s1. The monoisotopic (exact) mass is 422 g/mol. The normalized spacial score (nSPS) is 20.0. The maximum Gasteiger partial charge on any atom is 0.268 e. The zero-order valence-corrected chi connectivity index (χ0v) is 15.5. The molecule has 0 unspecified atom stereocenters. The van der Waals surface area contributed by atoms with E-state index in [2.05, 4.69) is 21.2 Å². The number of nitrogens with zero attached hydrogens (tertiary/aromatic N) is 1. The number of nitrogens with one attached hydrogen (secondary N) is 1. The van der Waals surface area contributed by atoms with Gasteiger partial charge < -0.3 is 15.3 Å². The van der Waals surface area contributed by atoms with E-state index in [0.29, 0.717) is 10.7 Å². The Kier molecular flexibility index (Phi) is 5.13. The number of aliphatic hydroxyl groups is 1. The molecule has 7 heteroatoms. The van der Waals surface area contributed by atoms with Crippen LogP contribution in [-0.4, -0.2) is 29.1 Å². The Morgan fingerprint density at radius 1 is 1.28 bits per heavy atom. The molecule has 0 bridgehead atoms. The first kappa shape index (κ1) is 17.9. The fourth-order valence-corrected chi connectivity index (χ4v) is 3.41. The second-order valence-electron chi connectivity index (χ2n) is 5.86. The van der Waals surface area contributed by atoms with Gasteiger partial charge in [-0.15, -0.1) is 0 Å². The van der Waals surface area contributed by atoms with Gasteiger partial charge >= 0.3 is 0 Å². The van der Waals surface area contributed by atoms with E-state index in [4.69, 9.17) is 11.6 Å². The van der Waals surface area contributed by atoms with E-state index in [9.17, 15) is 14.7 Å². The highest BCUT2D eigenvalue weighted by Gasteiger charge is 2.51. The second kappa shape index (κ2) is 7.15. The van der Waals surface area contributed by atoms with Gasteiger partial charge in [-0.25, -0.2) is 0 Å². The minimum absolute atomic E-state index is 0.0304. The quantitative estimate of drug-likeness (QED) is 0.743. The van der Waals surface area contributed by atoms with Crippen LogP contribution in [0.15, 0.2) is 53.0 Å². The molecule has 130 valence electrons. The minimum atomic E-state index is -2.06. The number of carbonyl (C=O) groups excluding carboxylic acids is 2. The molecule has 0 spiro atoms. The Morgan fingerprint density at radius 3 is 2.76 bits per heavy atom. The van der Waals surface area contributed by atoms with Gasteiger partial charge in [0.15, 0.2) is 0 Å². The largest absolute Gasteiger partial charge is 0.372 e. The third kappa shape index (κ3) is 3.71. The van der Waals surface area contributed by atoms with Crippen molar-refractivity contribution < 1.29 is 14.7 Å². The van der Waals surface area contributed by atoms with E-state index in [1.165, 1.54) is 4.90 Å². The summed E-state index contributed by atoms with van der Waals surface area (Å²) in [7, 11) is 0. The Bertz CT molecular complexity index is 829. The number of rotatable bonds is 4. The van der Waals surface area contributed by atoms with Gasteiger partial charge in [0, 0.05) is 34.7 Å². The molecule has 1 aliphatic heterocycles. The van der Waals surface area contributed by atoms with Crippen molar-refractivity contribution in [2.75, 3.05) is 11.4 Å². The predicted octanol–water partition coefficient (Wildman–Crippen LogP) is 2.89. The number of hydrogen-bond acceptors (Lipinski definition) is 3. The van der Waals surface area contributed by atoms with Gasteiger partial charge in [-0.05, 0) is 35.9 Å². The molecule has 0 radical (unpaired) electrons. The van der Waals surface area contributed by atoms with Crippen LogP contribution < -0.4 is 10.2 Å². The summed E-state index contributed by atoms with van der Waals surface area (Å²) < 4.78 is 0.891. The lowest BCUT2D eigenvalue weighted by atomic mass is 10.0. The number of hydrogen-bond donors (Lipinski definition) is 2. The smallest absolute Gasteiger partial charge is 0.268 e. The van der Waals surface area contributed by atoms with E-state index >= 15 is 0 Å². The Morgan fingerprint density at radius 2 is 2.04 bits per heavy atom. The van der Waals surface area contributed by atoms with Gasteiger partial charge in [0.25, 0.3) is 11.8 Å². The molecule has 3 rings (SSSR count). The van der Waals surface area contributed by atoms with Gasteiger partial charge in [-0.3, -0.25) is 9.59 Å². The molecule has 25 heavy (non-hydrogen) atoms. The molecule has 2 N–H and O–H groups in total. The molecule has 5 nitrogen and oxygen atoms in total. The molecule has 0 aliphatic carbocycles. The van der Waals surface area contributed by atoms with Crippen molar-refractivity contribution in [3.05, 3.63) is 63.6 Å². The highest BCUT2D eigenvalue weighted by atomic mass is 79.9. The minimum Gasteiger partial charge on any atom is -0.372 e. The fraction of sp³-hybridized carbons (Fsp3) is 0.222. The van der Waals surface area contributed by atoms with Crippen molar-refractivity contribution in [3.63, 3.8) is 0 Å². The van der Waals surface area contributed by atoms with Crippen molar-refractivity contribution in [2.24, 2.45) is 0 Å². The van der Waals surface area contributed by atoms with Gasteiger partial charge in [-0.2, -0.15) is 0 Å². The predicted molar refractivity (Wildman–Crippen MR) is 99.4 cm³/mol. The SMILES string of the molecule is O=C(NCc1cccc(Br)c1)[C@@]1(O)CCN(c2cccc(Cl)c2)C1=O. The number of amides is 2. The molecule has 1 atom stereocenters. The van der Waals surface area contributed by atoms with E-state index < -0.39 is 17.4 Å². The van der Waals surface area contributed by atoms with Crippen LogP contribution in [0.3, 0.4) is 0 Å². The first-order valence-corrected chi connectivity index (χ1v) is 8.90. The van der Waals surface area contributed by atoms with E-state index in [1.54, 1.807) is 24.3 Å². The first-order chi connectivity index (χ1) is 11.9. The van der Waals surface area contributed by atoms with Crippen molar-refractivity contribution in [1.82, 2.24) is 5.32 Å². The van der Waals surface area contributed by atoms with E-state index in [0.717, 1.165) is 10.0 Å². The third-order valence-electron chi connectivity index (χ3n) is 4.13. The van der Waals surface area contributed by atoms with E-state index in [-0.39, 0.29) is 19.5 Å². The fourth-order valence-electron chi connectivity index (χ4n) is 2.78. The van der Waals surface area contributed by atoms with Crippen LogP contribution in [-0.2, 0) is 16.1 Å². The number of halogens is 2. The van der Waals surface area contributed by atoms with Crippen LogP contribution in [0.4, 0.5) is 5.69 Å². The molecule has 1 aliphatic rings. The molecule has 2 aromatic rings. The average molecular weight is 424 g/mol. The lowest BCUT2D eigenvalue weighted by molar-refractivity contribution is -0.149. The topological polar surface area (TPSA) is 69.6 Å². The summed E-state index contributed by atoms with van der Waals surface area (Å²) in [6.45, 7) is 0.477.